The number of methoxy groups -OCH3 is 1. The van der Waals surface area contributed by atoms with Gasteiger partial charge in [-0.3, -0.25) is 9.59 Å². The Kier molecular flexibility index (Phi) is 8.11. The first kappa shape index (κ1) is 26.2. The summed E-state index contributed by atoms with van der Waals surface area (Å²) in [4.78, 5) is 34.4. The number of carbonyl (C=O) groups excluding carboxylic acids is 2. The lowest BCUT2D eigenvalue weighted by atomic mass is 9.98. The third kappa shape index (κ3) is 5.30. The molecule has 186 valence electrons. The van der Waals surface area contributed by atoms with Gasteiger partial charge in [-0.2, -0.15) is 0 Å². The highest BCUT2D eigenvalue weighted by Gasteiger charge is 2.33. The number of hydrogen-bond donors (Lipinski definition) is 0. The summed E-state index contributed by atoms with van der Waals surface area (Å²) in [7, 11) is 4.72. The van der Waals surface area contributed by atoms with Crippen molar-refractivity contribution in [1.82, 2.24) is 14.7 Å². The van der Waals surface area contributed by atoms with Crippen LogP contribution in [0.25, 0.3) is 11.1 Å². The standard InChI is InChI=1S/C25H27ClF2N4O3/c1-6-20(33)31-10-11-32(15(2)13-31)25(34)16-12-17(26)21(23(28)24(16)29-14-30(3)4)22-18(27)8-7-9-19(22)35-5/h6-9,12,14-15H,1,10-11,13H2,2-5H3/b29-14+. The van der Waals surface area contributed by atoms with E-state index < -0.39 is 17.5 Å². The van der Waals surface area contributed by atoms with Gasteiger partial charge >= 0.3 is 0 Å². The second-order valence-electron chi connectivity index (χ2n) is 8.30. The fourth-order valence-electron chi connectivity index (χ4n) is 3.96. The van der Waals surface area contributed by atoms with E-state index in [9.17, 15) is 14.0 Å². The van der Waals surface area contributed by atoms with Gasteiger partial charge in [-0.15, -0.1) is 0 Å². The smallest absolute Gasteiger partial charge is 0.256 e. The van der Waals surface area contributed by atoms with E-state index in [1.807, 2.05) is 0 Å². The number of ether oxygens (including phenoxy) is 1. The first-order chi connectivity index (χ1) is 16.6. The first-order valence-corrected chi connectivity index (χ1v) is 11.3. The average molecular weight is 505 g/mol. The highest BCUT2D eigenvalue weighted by molar-refractivity contribution is 6.34. The maximum Gasteiger partial charge on any atom is 0.256 e. The van der Waals surface area contributed by atoms with Gasteiger partial charge in [-0.1, -0.05) is 24.2 Å². The predicted molar refractivity (Wildman–Crippen MR) is 132 cm³/mol. The number of rotatable bonds is 6. The van der Waals surface area contributed by atoms with Gasteiger partial charge < -0.3 is 19.4 Å². The minimum Gasteiger partial charge on any atom is -0.496 e. The monoisotopic (exact) mass is 504 g/mol. The molecule has 35 heavy (non-hydrogen) atoms. The molecule has 1 saturated heterocycles. The van der Waals surface area contributed by atoms with Crippen LogP contribution in [-0.4, -0.2) is 79.7 Å². The largest absolute Gasteiger partial charge is 0.496 e. The van der Waals surface area contributed by atoms with Crippen LogP contribution in [0.1, 0.15) is 17.3 Å². The molecule has 0 saturated carbocycles. The zero-order chi connectivity index (χ0) is 25.9. The normalized spacial score (nSPS) is 15.9. The third-order valence-corrected chi connectivity index (χ3v) is 5.96. The van der Waals surface area contributed by atoms with Crippen LogP contribution in [0.2, 0.25) is 5.02 Å². The van der Waals surface area contributed by atoms with Crippen molar-refractivity contribution in [3.8, 4) is 16.9 Å². The van der Waals surface area contributed by atoms with Crippen LogP contribution >= 0.6 is 11.6 Å². The Morgan fingerprint density at radius 2 is 1.97 bits per heavy atom. The van der Waals surface area contributed by atoms with E-state index in [-0.39, 0.29) is 51.6 Å². The minimum absolute atomic E-state index is 0.0694. The lowest BCUT2D eigenvalue weighted by molar-refractivity contribution is -0.128. The molecule has 1 aliphatic rings. The van der Waals surface area contributed by atoms with Gasteiger partial charge in [-0.05, 0) is 31.2 Å². The van der Waals surface area contributed by atoms with Gasteiger partial charge in [0.05, 0.1) is 29.6 Å². The zero-order valence-electron chi connectivity index (χ0n) is 20.0. The van der Waals surface area contributed by atoms with Crippen LogP contribution in [0.4, 0.5) is 14.5 Å². The summed E-state index contributed by atoms with van der Waals surface area (Å²) in [6.07, 6.45) is 2.57. The Bertz CT molecular complexity index is 1190. The van der Waals surface area contributed by atoms with Crippen molar-refractivity contribution in [2.24, 2.45) is 4.99 Å². The number of piperazine rings is 1. The van der Waals surface area contributed by atoms with E-state index in [4.69, 9.17) is 16.3 Å². The Hall–Kier alpha value is -3.46. The molecule has 0 aliphatic carbocycles. The number of hydrogen-bond acceptors (Lipinski definition) is 4. The minimum atomic E-state index is -0.949. The maximum atomic E-state index is 16.0. The molecular formula is C25H27ClF2N4O3. The maximum absolute atomic E-state index is 16.0. The zero-order valence-corrected chi connectivity index (χ0v) is 20.8. The molecule has 0 aromatic heterocycles. The highest BCUT2D eigenvalue weighted by Crippen LogP contribution is 2.43. The molecule has 2 aromatic carbocycles. The summed E-state index contributed by atoms with van der Waals surface area (Å²) in [5.41, 5.74) is -0.758. The molecule has 7 nitrogen and oxygen atoms in total. The highest BCUT2D eigenvalue weighted by atomic mass is 35.5. The Morgan fingerprint density at radius 1 is 1.26 bits per heavy atom. The van der Waals surface area contributed by atoms with E-state index in [0.29, 0.717) is 13.1 Å². The van der Waals surface area contributed by atoms with Crippen LogP contribution in [0, 0.1) is 11.6 Å². The van der Waals surface area contributed by atoms with Crippen molar-refractivity contribution in [1.29, 1.82) is 0 Å². The molecule has 1 atom stereocenters. The van der Waals surface area contributed by atoms with Gasteiger partial charge in [0, 0.05) is 45.3 Å². The Morgan fingerprint density at radius 3 is 2.57 bits per heavy atom. The number of amides is 2. The molecule has 0 spiro atoms. The van der Waals surface area contributed by atoms with Crippen LogP contribution in [-0.2, 0) is 4.79 Å². The van der Waals surface area contributed by atoms with E-state index in [0.717, 1.165) is 0 Å². The van der Waals surface area contributed by atoms with Crippen molar-refractivity contribution in [3.05, 3.63) is 59.1 Å². The van der Waals surface area contributed by atoms with Crippen LogP contribution in [0.3, 0.4) is 0 Å². The summed E-state index contributed by atoms with van der Waals surface area (Å²) < 4.78 is 36.0. The van der Waals surface area contributed by atoms with Crippen molar-refractivity contribution in [3.63, 3.8) is 0 Å². The number of benzene rings is 2. The van der Waals surface area contributed by atoms with Gasteiger partial charge in [-0.25, -0.2) is 13.8 Å². The number of halogens is 3. The molecule has 0 bridgehead atoms. The molecule has 2 aromatic rings. The second-order valence-corrected chi connectivity index (χ2v) is 8.71. The fraction of sp³-hybridized carbons (Fsp3) is 0.320. The van der Waals surface area contributed by atoms with Crippen LogP contribution < -0.4 is 4.74 Å². The summed E-state index contributed by atoms with van der Waals surface area (Å²) in [5, 5.41) is -0.161. The lowest BCUT2D eigenvalue weighted by Gasteiger charge is -2.39. The summed E-state index contributed by atoms with van der Waals surface area (Å²) in [6.45, 7) is 6.13. The quantitative estimate of drug-likeness (QED) is 0.333. The Balaban J connectivity index is 2.14. The van der Waals surface area contributed by atoms with Gasteiger partial charge in [0.15, 0.2) is 5.82 Å². The fourth-order valence-corrected chi connectivity index (χ4v) is 4.25. The van der Waals surface area contributed by atoms with Gasteiger partial charge in [0.1, 0.15) is 17.3 Å². The van der Waals surface area contributed by atoms with Gasteiger partial charge in [0.25, 0.3) is 5.91 Å². The number of nitrogens with zero attached hydrogens (tertiary/aromatic N) is 4. The molecule has 0 N–H and O–H groups in total. The SMILES string of the molecule is C=CC(=O)N1CCN(C(=O)c2cc(Cl)c(-c3c(F)cccc3OC)c(F)c2/N=C/N(C)C)C(C)C1. The Labute approximate surface area is 208 Å². The van der Waals surface area contributed by atoms with Crippen molar-refractivity contribution >= 4 is 35.4 Å². The first-order valence-electron chi connectivity index (χ1n) is 10.9. The predicted octanol–water partition coefficient (Wildman–Crippen LogP) is 4.37. The molecule has 10 heteroatoms. The topological polar surface area (TPSA) is 65.5 Å². The van der Waals surface area contributed by atoms with E-state index in [2.05, 4.69) is 11.6 Å². The second kappa shape index (κ2) is 10.9. The third-order valence-electron chi connectivity index (χ3n) is 5.66. The van der Waals surface area contributed by atoms with Crippen molar-refractivity contribution in [2.75, 3.05) is 40.8 Å². The van der Waals surface area contributed by atoms with Crippen LogP contribution in [0.5, 0.6) is 5.75 Å². The molecule has 1 unspecified atom stereocenters. The van der Waals surface area contributed by atoms with Gasteiger partial charge in [0.2, 0.25) is 5.91 Å². The van der Waals surface area contributed by atoms with E-state index >= 15 is 4.39 Å². The molecule has 2 amide bonds. The molecule has 1 fully saturated rings. The summed E-state index contributed by atoms with van der Waals surface area (Å²) >= 11 is 6.45. The van der Waals surface area contributed by atoms with E-state index in [1.165, 1.54) is 48.7 Å². The molecular weight excluding hydrogens is 478 g/mol. The number of aliphatic imine (C=N–C) groups is 1. The molecule has 1 aliphatic heterocycles. The van der Waals surface area contributed by atoms with E-state index in [1.54, 1.807) is 30.8 Å². The summed E-state index contributed by atoms with van der Waals surface area (Å²) in [6, 6.07) is 5.04. The van der Waals surface area contributed by atoms with Crippen molar-refractivity contribution < 1.29 is 23.1 Å². The van der Waals surface area contributed by atoms with Crippen LogP contribution in [0.15, 0.2) is 41.9 Å². The molecule has 3 rings (SSSR count). The summed E-state index contributed by atoms with van der Waals surface area (Å²) in [5.74, 6) is -2.32. The average Bonchev–Trinajstić information content (AvgIpc) is 2.82. The number of carbonyl (C=O) groups is 2. The molecule has 1 heterocycles. The lowest BCUT2D eigenvalue weighted by Crippen LogP contribution is -2.55. The molecule has 0 radical (unpaired) electrons. The van der Waals surface area contributed by atoms with Crippen molar-refractivity contribution in [2.45, 2.75) is 13.0 Å².